The molecule has 0 unspecified atom stereocenters. The van der Waals surface area contributed by atoms with Crippen molar-refractivity contribution < 1.29 is 34.1 Å². The van der Waals surface area contributed by atoms with Gasteiger partial charge in [0, 0.05) is 26.3 Å². The van der Waals surface area contributed by atoms with E-state index in [1.807, 2.05) is 194 Å². The van der Waals surface area contributed by atoms with E-state index in [0.29, 0.717) is 28.1 Å². The van der Waals surface area contributed by atoms with Gasteiger partial charge in [-0.3, -0.25) is 4.98 Å². The molecule has 2 aromatic heterocycles. The van der Waals surface area contributed by atoms with Gasteiger partial charge in [-0.05, 0) is 82.1 Å². The van der Waals surface area contributed by atoms with Crippen LogP contribution >= 0.6 is 0 Å². The number of benzene rings is 6. The van der Waals surface area contributed by atoms with Crippen molar-refractivity contribution in [3.05, 3.63) is 215 Å². The molecule has 4 nitrogen and oxygen atoms in total. The van der Waals surface area contributed by atoms with Crippen LogP contribution in [0.5, 0.6) is 0 Å². The first kappa shape index (κ1) is 40.8. The van der Waals surface area contributed by atoms with E-state index in [1.165, 1.54) is 6.07 Å². The number of para-hydroxylation sites is 4. The molecule has 0 radical (unpaired) electrons. The van der Waals surface area contributed by atoms with Crippen LogP contribution in [0.15, 0.2) is 163 Å². The second kappa shape index (κ2) is 21.9. The minimum Gasteiger partial charge on any atom is -0.811 e. The Kier molecular flexibility index (Phi) is 13.4. The van der Waals surface area contributed by atoms with Gasteiger partial charge < -0.3 is 14.4 Å². The van der Waals surface area contributed by atoms with Crippen LogP contribution < -0.4 is 0 Å². The second-order valence-electron chi connectivity index (χ2n) is 17.8. The van der Waals surface area contributed by atoms with Gasteiger partial charge in [0.1, 0.15) is 5.58 Å². The monoisotopic (exact) mass is 1060 g/mol. The van der Waals surface area contributed by atoms with Crippen LogP contribution in [0.3, 0.4) is 0 Å². The molecule has 0 amide bonds. The molecule has 0 atom stereocenters. The van der Waals surface area contributed by atoms with Crippen molar-refractivity contribution in [2.45, 2.75) is 87.3 Å². The van der Waals surface area contributed by atoms with Crippen LogP contribution in [0.1, 0.15) is 123 Å². The first-order chi connectivity index (χ1) is 34.3. The van der Waals surface area contributed by atoms with E-state index >= 15 is 0 Å². The average molecular weight is 1060 g/mol. The van der Waals surface area contributed by atoms with E-state index in [4.69, 9.17) is 19.0 Å². The van der Waals surface area contributed by atoms with Gasteiger partial charge in [0.25, 0.3) is 0 Å². The third-order valence-electron chi connectivity index (χ3n) is 11.1. The largest absolute Gasteiger partial charge is 3.00 e. The molecule has 8 rings (SSSR count). The smallest absolute Gasteiger partial charge is 0.811 e. The summed E-state index contributed by atoms with van der Waals surface area (Å²) in [7, 11) is 0. The molecule has 0 spiro atoms. The number of hydrogen-bond donors (Lipinski definition) is 0. The molecule has 8 aromatic rings. The van der Waals surface area contributed by atoms with Crippen molar-refractivity contribution in [3.63, 3.8) is 0 Å². The normalized spacial score (nSPS) is 14.7. The van der Waals surface area contributed by atoms with E-state index in [1.54, 1.807) is 18.2 Å². The predicted octanol–water partition coefficient (Wildman–Crippen LogP) is 17.3. The van der Waals surface area contributed by atoms with E-state index in [9.17, 15) is 5.41 Å². The molecule has 0 aliphatic heterocycles. The maximum atomic E-state index is 9.52. The zero-order chi connectivity index (χ0) is 53.3. The number of aryl methyl sites for hydroxylation is 1. The topological polar surface area (TPSA) is 53.3 Å². The van der Waals surface area contributed by atoms with Crippen molar-refractivity contribution in [2.75, 3.05) is 0 Å². The summed E-state index contributed by atoms with van der Waals surface area (Å²) in [5.41, 5.74) is 10.8. The van der Waals surface area contributed by atoms with Gasteiger partial charge in [-0.2, -0.15) is 6.21 Å². The Morgan fingerprint density at radius 2 is 1.61 bits per heavy atom. The van der Waals surface area contributed by atoms with Gasteiger partial charge >= 0.3 is 20.1 Å². The molecule has 0 aliphatic rings. The van der Waals surface area contributed by atoms with E-state index in [-0.39, 0.29) is 25.7 Å². The molecule has 2 heterocycles. The molecule has 0 fully saturated rings. The standard InChI is InChI=1S/C33H35N2.C29H27NO.Ir/c1-8-9-10-14-24(6)29-21-26(20-19-25(29)7)33-34-30-17-11-12-18-31(30)35(33)32-27(22(2)3)15-13-16-28(32)23(4)5;1-20(24-9-7-10-26-25-8-5-6-11-27(25)31-28(24)26)18-23(16-17-30)22-14-12-21(13-15-22)19-29(2,3)4;/h8-19,21-23H,6H2,1-5,7H3;5-8,10-18H,19H2,1-4H3;/q-1;-2;+3/b9-8-,14-10-;20-18+,23-16+;/i7D3,22D,23D;19D2;. The molecule has 67 heavy (non-hydrogen) atoms. The Hall–Kier alpha value is -6.39. The van der Waals surface area contributed by atoms with Crippen molar-refractivity contribution in [3.8, 4) is 17.1 Å². The molecule has 0 saturated heterocycles. The van der Waals surface area contributed by atoms with Crippen LogP contribution in [0, 0.1) is 24.4 Å². The van der Waals surface area contributed by atoms with E-state index in [2.05, 4.69) is 18.7 Å². The van der Waals surface area contributed by atoms with Crippen LogP contribution in [-0.2, 0) is 26.5 Å². The molecule has 0 N–H and O–H groups in total. The second-order valence-corrected chi connectivity index (χ2v) is 17.8. The average Bonchev–Trinajstić information content (AvgIpc) is 3.92. The fourth-order valence-corrected chi connectivity index (χ4v) is 8.06. The van der Waals surface area contributed by atoms with Crippen LogP contribution in [0.25, 0.3) is 72.2 Å². The van der Waals surface area contributed by atoms with E-state index < -0.39 is 30.4 Å². The number of nitrogens with zero attached hydrogens (tertiary/aromatic N) is 3. The molecular formula is C62H62IrN3O. The number of furan rings is 1. The van der Waals surface area contributed by atoms with Crippen molar-refractivity contribution in [1.29, 1.82) is 0 Å². The SMILES string of the molecule is [2H]C([2H])([2H])c1c[c-]c(-c2nc3ccccc3n2-c2c(C([2H])(C)C)cccc2C([2H])(C)C)cc1C(=C)/C=C\C=C/C.[2H]C([2H])(c1ccc(C(=C/C=[N-])/C=C(\C)c2[c-]ccc3c2oc2ccccc23)cc1)C(C)(C)C.[Ir+3]. The van der Waals surface area contributed by atoms with Gasteiger partial charge in [-0.1, -0.05) is 189 Å². The summed E-state index contributed by atoms with van der Waals surface area (Å²) in [5.74, 6) is -1.39. The Bertz CT molecular complexity index is 3440. The quantitative estimate of drug-likeness (QED) is 0.0695. The number of rotatable bonds is 12. The summed E-state index contributed by atoms with van der Waals surface area (Å²) in [5, 5.41) is 11.6. The summed E-state index contributed by atoms with van der Waals surface area (Å²) >= 11 is 0. The summed E-state index contributed by atoms with van der Waals surface area (Å²) in [6.07, 6.45) is 10.5. The number of allylic oxidation sites excluding steroid dienone is 9. The minimum atomic E-state index is -2.36. The Morgan fingerprint density at radius 3 is 2.28 bits per heavy atom. The summed E-state index contributed by atoms with van der Waals surface area (Å²) < 4.78 is 67.5. The van der Waals surface area contributed by atoms with Crippen molar-refractivity contribution in [1.82, 2.24) is 9.55 Å². The number of hydrogen-bond acceptors (Lipinski definition) is 2. The molecule has 5 heteroatoms. The Labute approximate surface area is 422 Å². The van der Waals surface area contributed by atoms with Gasteiger partial charge in [0.05, 0.1) is 16.9 Å². The third kappa shape index (κ3) is 11.4. The number of aromatic nitrogens is 2. The van der Waals surface area contributed by atoms with Crippen molar-refractivity contribution in [2.24, 2.45) is 5.41 Å². The van der Waals surface area contributed by atoms with Gasteiger partial charge in [-0.25, -0.2) is 0 Å². The van der Waals surface area contributed by atoms with Crippen LogP contribution in [0.2, 0.25) is 0 Å². The maximum absolute atomic E-state index is 9.52. The fraction of sp³-hybridized carbons (Fsp3) is 0.226. The van der Waals surface area contributed by atoms with E-state index in [0.717, 1.165) is 78.3 Å². The summed E-state index contributed by atoms with van der Waals surface area (Å²) in [6.45, 7) is 18.7. The molecule has 0 bridgehead atoms. The first-order valence-corrected chi connectivity index (χ1v) is 22.2. The zero-order valence-corrected chi connectivity index (χ0v) is 42.2. The van der Waals surface area contributed by atoms with Crippen LogP contribution in [-0.4, -0.2) is 15.8 Å². The Morgan fingerprint density at radius 1 is 0.910 bits per heavy atom. The molecule has 6 aromatic carbocycles. The maximum Gasteiger partial charge on any atom is 3.00 e. The fourth-order valence-electron chi connectivity index (χ4n) is 8.06. The molecule has 0 aliphatic carbocycles. The summed E-state index contributed by atoms with van der Waals surface area (Å²) in [6, 6.07) is 42.6. The van der Waals surface area contributed by atoms with Crippen molar-refractivity contribution >= 4 is 55.9 Å². The van der Waals surface area contributed by atoms with Gasteiger partial charge in [-0.15, -0.1) is 58.7 Å². The van der Waals surface area contributed by atoms with Gasteiger partial charge in [0.15, 0.2) is 0 Å². The number of fused-ring (bicyclic) bond motifs is 4. The minimum absolute atomic E-state index is 0. The molecule has 340 valence electrons. The molecular weight excluding hydrogens is 995 g/mol. The zero-order valence-electron chi connectivity index (χ0n) is 46.8. The number of imidazole rings is 1. The van der Waals surface area contributed by atoms with Gasteiger partial charge in [0.2, 0.25) is 0 Å². The molecule has 0 saturated carbocycles. The van der Waals surface area contributed by atoms with Crippen LogP contribution in [0.4, 0.5) is 0 Å². The first-order valence-electron chi connectivity index (χ1n) is 25.7. The summed E-state index contributed by atoms with van der Waals surface area (Å²) in [4.78, 5) is 4.98. The predicted molar refractivity (Wildman–Crippen MR) is 284 cm³/mol. The Balaban J connectivity index is 0.000000242. The third-order valence-corrected chi connectivity index (χ3v) is 11.1.